The molecule has 1 fully saturated rings. The molecule has 1 saturated heterocycles. The number of rotatable bonds is 6. The maximum absolute atomic E-state index is 9.46. The number of hydrogen-bond acceptors (Lipinski definition) is 5. The summed E-state index contributed by atoms with van der Waals surface area (Å²) in [6, 6.07) is 0. The molecule has 5 heteroatoms. The van der Waals surface area contributed by atoms with E-state index >= 15 is 0 Å². The zero-order valence-corrected chi connectivity index (χ0v) is 12.1. The minimum absolute atomic E-state index is 0.0209. The first kappa shape index (κ1) is 14.5. The Kier molecular flexibility index (Phi) is 4.93. The van der Waals surface area contributed by atoms with E-state index in [4.69, 9.17) is 4.52 Å². The third-order valence-electron chi connectivity index (χ3n) is 3.86. The second kappa shape index (κ2) is 6.48. The van der Waals surface area contributed by atoms with E-state index in [1.807, 2.05) is 0 Å². The molecule has 0 amide bonds. The Labute approximate surface area is 115 Å². The molecule has 1 aromatic rings. The fourth-order valence-electron chi connectivity index (χ4n) is 2.68. The van der Waals surface area contributed by atoms with Gasteiger partial charge in [-0.25, -0.2) is 0 Å². The Bertz CT molecular complexity index is 394. The number of aromatic nitrogens is 2. The fraction of sp³-hybridized carbons (Fsp3) is 0.857. The van der Waals surface area contributed by atoms with Gasteiger partial charge in [0.25, 0.3) is 0 Å². The highest BCUT2D eigenvalue weighted by molar-refractivity contribution is 4.90. The van der Waals surface area contributed by atoms with Crippen LogP contribution in [0.3, 0.4) is 0 Å². The van der Waals surface area contributed by atoms with E-state index in [0.717, 1.165) is 63.5 Å². The Morgan fingerprint density at radius 2 is 2.32 bits per heavy atom. The monoisotopic (exact) mass is 267 g/mol. The zero-order chi connectivity index (χ0) is 13.7. The predicted molar refractivity (Wildman–Crippen MR) is 72.6 cm³/mol. The number of nitrogens with zero attached hydrogens (tertiary/aromatic N) is 3. The van der Waals surface area contributed by atoms with Gasteiger partial charge in [-0.1, -0.05) is 25.4 Å². The zero-order valence-electron chi connectivity index (χ0n) is 12.1. The Balaban J connectivity index is 1.88. The highest BCUT2D eigenvalue weighted by Crippen LogP contribution is 2.29. The van der Waals surface area contributed by atoms with Gasteiger partial charge in [0.2, 0.25) is 5.89 Å². The second-order valence-corrected chi connectivity index (χ2v) is 5.99. The highest BCUT2D eigenvalue weighted by atomic mass is 16.5. The van der Waals surface area contributed by atoms with Gasteiger partial charge < -0.3 is 9.63 Å². The maximum atomic E-state index is 9.46. The van der Waals surface area contributed by atoms with Crippen LogP contribution in [-0.4, -0.2) is 39.8 Å². The largest absolute Gasteiger partial charge is 0.396 e. The van der Waals surface area contributed by atoms with Crippen molar-refractivity contribution >= 4 is 0 Å². The van der Waals surface area contributed by atoms with E-state index in [-0.39, 0.29) is 12.0 Å². The first-order chi connectivity index (χ1) is 9.15. The topological polar surface area (TPSA) is 62.4 Å². The molecule has 1 atom stereocenters. The van der Waals surface area contributed by atoms with E-state index in [2.05, 4.69) is 28.9 Å². The molecule has 0 saturated carbocycles. The first-order valence-corrected chi connectivity index (χ1v) is 7.30. The van der Waals surface area contributed by atoms with Crippen molar-refractivity contribution < 1.29 is 9.63 Å². The van der Waals surface area contributed by atoms with Crippen LogP contribution in [0.1, 0.15) is 51.2 Å². The lowest BCUT2D eigenvalue weighted by atomic mass is 9.83. The number of hydrogen-bond donors (Lipinski definition) is 1. The number of aliphatic hydroxyl groups excluding tert-OH is 1. The van der Waals surface area contributed by atoms with Gasteiger partial charge in [0.05, 0.1) is 6.54 Å². The highest BCUT2D eigenvalue weighted by Gasteiger charge is 2.30. The number of aliphatic hydroxyl groups is 1. The molecule has 1 aliphatic rings. The van der Waals surface area contributed by atoms with Crippen LogP contribution >= 0.6 is 0 Å². The van der Waals surface area contributed by atoms with Gasteiger partial charge in [-0.05, 0) is 25.8 Å². The van der Waals surface area contributed by atoms with E-state index < -0.39 is 0 Å². The van der Waals surface area contributed by atoms with E-state index in [1.54, 1.807) is 0 Å². The third kappa shape index (κ3) is 4.01. The van der Waals surface area contributed by atoms with Gasteiger partial charge in [-0.2, -0.15) is 4.98 Å². The van der Waals surface area contributed by atoms with Crippen LogP contribution in [0, 0.1) is 5.41 Å². The molecule has 1 aliphatic heterocycles. The average Bonchev–Trinajstić information content (AvgIpc) is 2.84. The van der Waals surface area contributed by atoms with Crippen molar-refractivity contribution in [2.24, 2.45) is 5.41 Å². The lowest BCUT2D eigenvalue weighted by Crippen LogP contribution is -2.43. The van der Waals surface area contributed by atoms with E-state index in [9.17, 15) is 5.11 Å². The molecule has 0 aliphatic carbocycles. The second-order valence-electron chi connectivity index (χ2n) is 5.99. The van der Waals surface area contributed by atoms with E-state index in [0.29, 0.717) is 0 Å². The molecule has 108 valence electrons. The third-order valence-corrected chi connectivity index (χ3v) is 3.86. The number of aryl methyl sites for hydroxylation is 1. The number of likely N-dealkylation sites (tertiary alicyclic amines) is 1. The van der Waals surface area contributed by atoms with Crippen LogP contribution in [0.4, 0.5) is 0 Å². The van der Waals surface area contributed by atoms with Crippen molar-refractivity contribution in [2.45, 2.75) is 52.5 Å². The molecule has 0 bridgehead atoms. The van der Waals surface area contributed by atoms with Crippen LogP contribution in [-0.2, 0) is 13.0 Å². The Hall–Kier alpha value is -0.940. The molecule has 2 rings (SSSR count). The molecule has 1 aromatic heterocycles. The van der Waals surface area contributed by atoms with Crippen molar-refractivity contribution in [3.05, 3.63) is 11.7 Å². The molecule has 1 N–H and O–H groups in total. The van der Waals surface area contributed by atoms with Gasteiger partial charge in [-0.3, -0.25) is 4.90 Å². The fourth-order valence-corrected chi connectivity index (χ4v) is 2.68. The Morgan fingerprint density at radius 1 is 1.47 bits per heavy atom. The van der Waals surface area contributed by atoms with Gasteiger partial charge in [-0.15, -0.1) is 0 Å². The van der Waals surface area contributed by atoms with Crippen molar-refractivity contribution in [1.82, 2.24) is 15.0 Å². The van der Waals surface area contributed by atoms with Crippen LogP contribution in [0.25, 0.3) is 0 Å². The van der Waals surface area contributed by atoms with Crippen molar-refractivity contribution in [3.63, 3.8) is 0 Å². The molecule has 2 heterocycles. The number of piperidine rings is 1. The quantitative estimate of drug-likeness (QED) is 0.854. The van der Waals surface area contributed by atoms with Crippen molar-refractivity contribution in [2.75, 3.05) is 19.7 Å². The predicted octanol–water partition coefficient (Wildman–Crippen LogP) is 2.01. The van der Waals surface area contributed by atoms with Crippen LogP contribution in [0.2, 0.25) is 0 Å². The summed E-state index contributed by atoms with van der Waals surface area (Å²) in [5.41, 5.74) is 0.0209. The average molecular weight is 267 g/mol. The van der Waals surface area contributed by atoms with Crippen LogP contribution in [0.15, 0.2) is 4.52 Å². The minimum Gasteiger partial charge on any atom is -0.396 e. The summed E-state index contributed by atoms with van der Waals surface area (Å²) in [6.45, 7) is 7.22. The summed E-state index contributed by atoms with van der Waals surface area (Å²) in [4.78, 5) is 6.75. The summed E-state index contributed by atoms with van der Waals surface area (Å²) in [5, 5.41) is 13.5. The SMILES string of the molecule is CCCCc1nc(CN2CCCC(C)(CO)C2)no1. The summed E-state index contributed by atoms with van der Waals surface area (Å²) in [7, 11) is 0. The van der Waals surface area contributed by atoms with E-state index in [1.165, 1.54) is 0 Å². The summed E-state index contributed by atoms with van der Waals surface area (Å²) in [6.07, 6.45) is 5.32. The van der Waals surface area contributed by atoms with Crippen molar-refractivity contribution in [3.8, 4) is 0 Å². The first-order valence-electron chi connectivity index (χ1n) is 7.30. The normalized spacial score (nSPS) is 24.8. The van der Waals surface area contributed by atoms with Gasteiger partial charge in [0.15, 0.2) is 5.82 Å². The van der Waals surface area contributed by atoms with Crippen LogP contribution in [0.5, 0.6) is 0 Å². The summed E-state index contributed by atoms with van der Waals surface area (Å²) >= 11 is 0. The van der Waals surface area contributed by atoms with Gasteiger partial charge >= 0.3 is 0 Å². The molecule has 1 unspecified atom stereocenters. The standard InChI is InChI=1S/C14H25N3O2/c1-3-4-6-13-15-12(16-19-13)9-17-8-5-7-14(2,10-17)11-18/h18H,3-11H2,1-2H3. The molecule has 0 aromatic carbocycles. The Morgan fingerprint density at radius 3 is 3.05 bits per heavy atom. The minimum atomic E-state index is 0.0209. The molecular formula is C14H25N3O2. The van der Waals surface area contributed by atoms with Crippen LogP contribution < -0.4 is 0 Å². The molecular weight excluding hydrogens is 242 g/mol. The van der Waals surface area contributed by atoms with Gasteiger partial charge in [0, 0.05) is 25.0 Å². The lowest BCUT2D eigenvalue weighted by molar-refractivity contribution is 0.0414. The molecule has 0 spiro atoms. The molecule has 5 nitrogen and oxygen atoms in total. The molecule has 0 radical (unpaired) electrons. The van der Waals surface area contributed by atoms with Crippen molar-refractivity contribution in [1.29, 1.82) is 0 Å². The van der Waals surface area contributed by atoms with Gasteiger partial charge in [0.1, 0.15) is 0 Å². The number of unbranched alkanes of at least 4 members (excludes halogenated alkanes) is 1. The maximum Gasteiger partial charge on any atom is 0.226 e. The smallest absolute Gasteiger partial charge is 0.226 e. The lowest BCUT2D eigenvalue weighted by Gasteiger charge is -2.38. The molecule has 19 heavy (non-hydrogen) atoms. The summed E-state index contributed by atoms with van der Waals surface area (Å²) < 4.78 is 5.25. The summed E-state index contributed by atoms with van der Waals surface area (Å²) in [5.74, 6) is 1.52.